The molecule has 0 aromatic rings. The Morgan fingerprint density at radius 1 is 1.19 bits per heavy atom. The molecule has 94 valence electrons. The highest BCUT2D eigenvalue weighted by Gasteiger charge is 2.34. The second kappa shape index (κ2) is 6.55. The Bertz CT molecular complexity index is 195. The van der Waals surface area contributed by atoms with Crippen LogP contribution in [-0.2, 0) is 9.57 Å². The third kappa shape index (κ3) is 3.17. The van der Waals surface area contributed by atoms with Crippen LogP contribution in [0.5, 0.6) is 0 Å². The van der Waals surface area contributed by atoms with E-state index < -0.39 is 0 Å². The summed E-state index contributed by atoms with van der Waals surface area (Å²) < 4.78 is 4.96. The van der Waals surface area contributed by atoms with Crippen LogP contribution in [0.25, 0.3) is 0 Å². The van der Waals surface area contributed by atoms with Gasteiger partial charge in [-0.2, -0.15) is 5.48 Å². The van der Waals surface area contributed by atoms with E-state index in [0.29, 0.717) is 25.3 Å². The van der Waals surface area contributed by atoms with E-state index in [0.717, 1.165) is 5.92 Å². The van der Waals surface area contributed by atoms with Gasteiger partial charge in [-0.1, -0.05) is 6.42 Å². The van der Waals surface area contributed by atoms with E-state index in [1.807, 2.05) is 0 Å². The van der Waals surface area contributed by atoms with Crippen molar-refractivity contribution in [3.8, 4) is 0 Å². The fourth-order valence-corrected chi connectivity index (χ4v) is 2.98. The molecule has 0 aromatic carbocycles. The summed E-state index contributed by atoms with van der Waals surface area (Å²) in [5.41, 5.74) is 3.22. The zero-order valence-electron chi connectivity index (χ0n) is 10.2. The second-order valence-corrected chi connectivity index (χ2v) is 4.86. The zero-order chi connectivity index (χ0) is 11.2. The van der Waals surface area contributed by atoms with Crippen molar-refractivity contribution in [2.24, 2.45) is 5.92 Å². The molecule has 2 rings (SSSR count). The second-order valence-electron chi connectivity index (χ2n) is 4.86. The van der Waals surface area contributed by atoms with Gasteiger partial charge in [0.05, 0.1) is 13.2 Å². The van der Waals surface area contributed by atoms with Crippen LogP contribution in [0.4, 0.5) is 0 Å². The minimum Gasteiger partial charge on any atom is -0.382 e. The molecule has 16 heavy (non-hydrogen) atoms. The van der Waals surface area contributed by atoms with Gasteiger partial charge in [0.15, 0.2) is 0 Å². The van der Waals surface area contributed by atoms with E-state index in [1.165, 1.54) is 38.6 Å². The van der Waals surface area contributed by atoms with Gasteiger partial charge in [-0.05, 0) is 38.1 Å². The highest BCUT2D eigenvalue weighted by Crippen LogP contribution is 2.31. The van der Waals surface area contributed by atoms with Gasteiger partial charge >= 0.3 is 0 Å². The molecule has 0 amide bonds. The SMILES string of the molecule is COCCONC1CCCC1C1CCCN1. The maximum atomic E-state index is 5.45. The topological polar surface area (TPSA) is 42.5 Å². The standard InChI is InChI=1S/C12H24N2O2/c1-15-8-9-16-14-12-5-2-4-10(12)11-6-3-7-13-11/h10-14H,2-9H2,1H3. The molecule has 0 radical (unpaired) electrons. The molecule has 0 bridgehead atoms. The molecule has 4 heteroatoms. The number of ether oxygens (including phenoxy) is 1. The van der Waals surface area contributed by atoms with Gasteiger partial charge in [0.2, 0.25) is 0 Å². The molecule has 2 N–H and O–H groups in total. The zero-order valence-corrected chi connectivity index (χ0v) is 10.2. The van der Waals surface area contributed by atoms with Crippen molar-refractivity contribution in [3.63, 3.8) is 0 Å². The molecule has 2 aliphatic rings. The largest absolute Gasteiger partial charge is 0.382 e. The average molecular weight is 228 g/mol. The first-order valence-corrected chi connectivity index (χ1v) is 6.51. The molecule has 0 aromatic heterocycles. The van der Waals surface area contributed by atoms with Crippen molar-refractivity contribution in [2.45, 2.75) is 44.2 Å². The lowest BCUT2D eigenvalue weighted by atomic mass is 9.94. The first kappa shape index (κ1) is 12.3. The van der Waals surface area contributed by atoms with Crippen molar-refractivity contribution in [3.05, 3.63) is 0 Å². The summed E-state index contributed by atoms with van der Waals surface area (Å²) in [5, 5.41) is 3.61. The maximum absolute atomic E-state index is 5.45. The Labute approximate surface area is 98.0 Å². The number of hydrogen-bond acceptors (Lipinski definition) is 4. The van der Waals surface area contributed by atoms with Crippen LogP contribution in [0.2, 0.25) is 0 Å². The lowest BCUT2D eigenvalue weighted by Gasteiger charge is -2.26. The van der Waals surface area contributed by atoms with Gasteiger partial charge in [0.1, 0.15) is 0 Å². The van der Waals surface area contributed by atoms with Gasteiger partial charge in [0, 0.05) is 19.2 Å². The van der Waals surface area contributed by atoms with E-state index in [1.54, 1.807) is 7.11 Å². The number of methoxy groups -OCH3 is 1. The summed E-state index contributed by atoms with van der Waals surface area (Å²) in [6.07, 6.45) is 6.58. The molecule has 3 unspecified atom stereocenters. The molecule has 4 nitrogen and oxygen atoms in total. The summed E-state index contributed by atoms with van der Waals surface area (Å²) >= 11 is 0. The first-order chi connectivity index (χ1) is 7.92. The lowest BCUT2D eigenvalue weighted by molar-refractivity contribution is -0.0209. The van der Waals surface area contributed by atoms with Gasteiger partial charge in [-0.3, -0.25) is 4.84 Å². The Kier molecular flexibility index (Phi) is 5.03. The fraction of sp³-hybridized carbons (Fsp3) is 1.00. The Morgan fingerprint density at radius 2 is 2.12 bits per heavy atom. The minimum absolute atomic E-state index is 0.535. The van der Waals surface area contributed by atoms with Crippen LogP contribution in [-0.4, -0.2) is 39.0 Å². The highest BCUT2D eigenvalue weighted by molar-refractivity contribution is 4.91. The lowest BCUT2D eigenvalue weighted by Crippen LogP contribution is -2.42. The number of hydroxylamine groups is 1. The molecule has 3 atom stereocenters. The Morgan fingerprint density at radius 3 is 2.88 bits per heavy atom. The third-order valence-corrected chi connectivity index (χ3v) is 3.81. The van der Waals surface area contributed by atoms with Crippen LogP contribution >= 0.6 is 0 Å². The Balaban J connectivity index is 1.70. The molecular formula is C12H24N2O2. The van der Waals surface area contributed by atoms with Crippen molar-refractivity contribution in [2.75, 3.05) is 26.9 Å². The van der Waals surface area contributed by atoms with E-state index in [2.05, 4.69) is 10.8 Å². The first-order valence-electron chi connectivity index (χ1n) is 6.51. The van der Waals surface area contributed by atoms with Crippen LogP contribution < -0.4 is 10.8 Å². The molecule has 1 saturated heterocycles. The highest BCUT2D eigenvalue weighted by atomic mass is 16.7. The molecule has 0 spiro atoms. The summed E-state index contributed by atoms with van der Waals surface area (Å²) in [5.74, 6) is 0.755. The predicted molar refractivity (Wildman–Crippen MR) is 63.1 cm³/mol. The normalized spacial score (nSPS) is 34.7. The minimum atomic E-state index is 0.535. The molecule has 1 aliphatic heterocycles. The van der Waals surface area contributed by atoms with Gasteiger partial charge in [-0.15, -0.1) is 0 Å². The van der Waals surface area contributed by atoms with E-state index >= 15 is 0 Å². The van der Waals surface area contributed by atoms with Crippen molar-refractivity contribution >= 4 is 0 Å². The quantitative estimate of drug-likeness (QED) is 0.527. The molecule has 1 saturated carbocycles. The maximum Gasteiger partial charge on any atom is 0.0915 e. The fourth-order valence-electron chi connectivity index (χ4n) is 2.98. The average Bonchev–Trinajstić information content (AvgIpc) is 2.94. The number of nitrogens with one attached hydrogen (secondary N) is 2. The van der Waals surface area contributed by atoms with E-state index in [-0.39, 0.29) is 0 Å². The van der Waals surface area contributed by atoms with Crippen molar-refractivity contribution < 1.29 is 9.57 Å². The number of hydrogen-bond donors (Lipinski definition) is 2. The molecule has 1 aliphatic carbocycles. The molecule has 1 heterocycles. The van der Waals surface area contributed by atoms with Gasteiger partial charge in [0.25, 0.3) is 0 Å². The van der Waals surface area contributed by atoms with Crippen LogP contribution in [0, 0.1) is 5.92 Å². The van der Waals surface area contributed by atoms with Crippen LogP contribution in [0.3, 0.4) is 0 Å². The predicted octanol–water partition coefficient (Wildman–Crippen LogP) is 1.07. The summed E-state index contributed by atoms with van der Waals surface area (Å²) in [4.78, 5) is 5.45. The van der Waals surface area contributed by atoms with Crippen LogP contribution in [0.1, 0.15) is 32.1 Å². The van der Waals surface area contributed by atoms with Crippen LogP contribution in [0.15, 0.2) is 0 Å². The van der Waals surface area contributed by atoms with Gasteiger partial charge < -0.3 is 10.1 Å². The molecule has 2 fully saturated rings. The summed E-state index contributed by atoms with van der Waals surface area (Å²) in [6.45, 7) is 2.49. The van der Waals surface area contributed by atoms with Gasteiger partial charge in [-0.25, -0.2) is 0 Å². The number of rotatable bonds is 6. The van der Waals surface area contributed by atoms with E-state index in [4.69, 9.17) is 9.57 Å². The molecular weight excluding hydrogens is 204 g/mol. The van der Waals surface area contributed by atoms with Crippen molar-refractivity contribution in [1.29, 1.82) is 0 Å². The summed E-state index contributed by atoms with van der Waals surface area (Å²) in [6, 6.07) is 1.25. The monoisotopic (exact) mass is 228 g/mol. The third-order valence-electron chi connectivity index (χ3n) is 3.81. The summed E-state index contributed by atoms with van der Waals surface area (Å²) in [7, 11) is 1.70. The Hall–Kier alpha value is -0.160. The van der Waals surface area contributed by atoms with Crippen molar-refractivity contribution in [1.82, 2.24) is 10.8 Å². The van der Waals surface area contributed by atoms with E-state index in [9.17, 15) is 0 Å². The smallest absolute Gasteiger partial charge is 0.0915 e.